The fraction of sp³-hybridized carbons (Fsp3) is 0.263. The first kappa shape index (κ1) is 18.3. The summed E-state index contributed by atoms with van der Waals surface area (Å²) >= 11 is 0. The lowest BCUT2D eigenvalue weighted by Gasteiger charge is -2.37. The van der Waals surface area contributed by atoms with E-state index in [9.17, 15) is 14.7 Å². The van der Waals surface area contributed by atoms with E-state index in [4.69, 9.17) is 5.73 Å². The normalized spacial score (nSPS) is 17.5. The van der Waals surface area contributed by atoms with E-state index >= 15 is 0 Å². The number of primary amides is 1. The molecule has 0 saturated carbocycles. The summed E-state index contributed by atoms with van der Waals surface area (Å²) in [6.07, 6.45) is 18.0. The first-order valence-electron chi connectivity index (χ1n) is 8.17. The summed E-state index contributed by atoms with van der Waals surface area (Å²) in [6, 6.07) is 0. The van der Waals surface area contributed by atoms with Gasteiger partial charge < -0.3 is 21.5 Å². The molecule has 0 aromatic carbocycles. The number of hydrogen-bond acceptors (Lipinski definition) is 4. The average molecular weight is 341 g/mol. The minimum absolute atomic E-state index is 0.360. The van der Waals surface area contributed by atoms with Gasteiger partial charge in [-0.3, -0.25) is 9.59 Å². The summed E-state index contributed by atoms with van der Waals surface area (Å²) in [5, 5.41) is 16.2. The molecule has 0 aliphatic carbocycles. The largest absolute Gasteiger partial charge is 0.480 e. The fourth-order valence-electron chi connectivity index (χ4n) is 3.23. The van der Waals surface area contributed by atoms with Crippen LogP contribution in [0.2, 0.25) is 0 Å². The fourth-order valence-corrected chi connectivity index (χ4v) is 3.23. The lowest BCUT2D eigenvalue weighted by Crippen LogP contribution is -2.48. The Morgan fingerprint density at radius 3 is 2.00 bits per heavy atom. The number of carboxylic acid groups (broad SMARTS) is 1. The first-order valence-corrected chi connectivity index (χ1v) is 8.17. The molecule has 25 heavy (non-hydrogen) atoms. The summed E-state index contributed by atoms with van der Waals surface area (Å²) in [5.41, 5.74) is 4.98. The summed E-state index contributed by atoms with van der Waals surface area (Å²) in [6.45, 7) is 1.90. The molecule has 2 rings (SSSR count). The van der Waals surface area contributed by atoms with Gasteiger partial charge in [0.05, 0.1) is 5.92 Å². The minimum atomic E-state index is -1.60. The second kappa shape index (κ2) is 8.19. The van der Waals surface area contributed by atoms with E-state index in [1.807, 2.05) is 6.92 Å². The number of carbonyl (C=O) groups excluding carboxylic acids is 1. The molecule has 5 N–H and O–H groups in total. The van der Waals surface area contributed by atoms with Crippen LogP contribution < -0.4 is 16.4 Å². The van der Waals surface area contributed by atoms with Crippen LogP contribution in [0.15, 0.2) is 72.4 Å². The van der Waals surface area contributed by atoms with Gasteiger partial charge in [0.15, 0.2) is 0 Å². The van der Waals surface area contributed by atoms with Crippen LogP contribution in [0.4, 0.5) is 0 Å². The molecule has 6 nitrogen and oxygen atoms in total. The topological polar surface area (TPSA) is 104 Å². The van der Waals surface area contributed by atoms with Gasteiger partial charge in [-0.25, -0.2) is 0 Å². The molecular formula is C19H23N3O3. The highest BCUT2D eigenvalue weighted by molar-refractivity contribution is 5.93. The predicted molar refractivity (Wildman–Crippen MR) is 96.7 cm³/mol. The van der Waals surface area contributed by atoms with Crippen molar-refractivity contribution in [3.05, 3.63) is 72.4 Å². The number of carboxylic acids is 1. The van der Waals surface area contributed by atoms with E-state index in [0.29, 0.717) is 24.0 Å². The summed E-state index contributed by atoms with van der Waals surface area (Å²) < 4.78 is 0. The average Bonchev–Trinajstić information content (AvgIpc) is 3.00. The molecule has 2 heterocycles. The van der Waals surface area contributed by atoms with Crippen LogP contribution in [0.25, 0.3) is 0 Å². The molecule has 0 radical (unpaired) electrons. The molecule has 132 valence electrons. The Labute approximate surface area is 147 Å². The Morgan fingerprint density at radius 1 is 1.08 bits per heavy atom. The van der Waals surface area contributed by atoms with Gasteiger partial charge in [0.25, 0.3) is 0 Å². The number of hydrogen-bond donors (Lipinski definition) is 4. The second-order valence-corrected chi connectivity index (χ2v) is 5.83. The highest BCUT2D eigenvalue weighted by atomic mass is 16.4. The summed E-state index contributed by atoms with van der Waals surface area (Å²) in [7, 11) is 0. The maximum Gasteiger partial charge on any atom is 0.319 e. The van der Waals surface area contributed by atoms with Crippen LogP contribution >= 0.6 is 0 Å². The lowest BCUT2D eigenvalue weighted by atomic mass is 9.63. The van der Waals surface area contributed by atoms with Crippen LogP contribution in [0.5, 0.6) is 0 Å². The van der Waals surface area contributed by atoms with Crippen molar-refractivity contribution in [3.8, 4) is 0 Å². The Bertz CT molecular complexity index is 671. The van der Waals surface area contributed by atoms with Crippen LogP contribution in [0.1, 0.15) is 19.8 Å². The van der Waals surface area contributed by atoms with E-state index in [-0.39, 0.29) is 0 Å². The van der Waals surface area contributed by atoms with Crippen LogP contribution in [-0.4, -0.2) is 17.0 Å². The zero-order chi connectivity index (χ0) is 18.3. The summed E-state index contributed by atoms with van der Waals surface area (Å²) in [5.74, 6) is -2.66. The van der Waals surface area contributed by atoms with Crippen molar-refractivity contribution >= 4 is 11.9 Å². The predicted octanol–water partition coefficient (Wildman–Crippen LogP) is 2.07. The molecule has 1 unspecified atom stereocenters. The maximum atomic E-state index is 12.6. The van der Waals surface area contributed by atoms with Crippen LogP contribution in [0.3, 0.4) is 0 Å². The molecule has 2 aliphatic rings. The Hall–Kier alpha value is -3.02. The third kappa shape index (κ3) is 3.57. The van der Waals surface area contributed by atoms with E-state index in [0.717, 1.165) is 0 Å². The highest BCUT2D eigenvalue weighted by Crippen LogP contribution is 2.46. The Morgan fingerprint density at radius 2 is 1.60 bits per heavy atom. The van der Waals surface area contributed by atoms with Gasteiger partial charge in [0.2, 0.25) is 5.91 Å². The molecule has 0 bridgehead atoms. The molecule has 0 saturated heterocycles. The van der Waals surface area contributed by atoms with Crippen molar-refractivity contribution in [2.24, 2.45) is 17.1 Å². The van der Waals surface area contributed by atoms with Crippen molar-refractivity contribution in [2.75, 3.05) is 0 Å². The number of aliphatic carboxylic acids is 1. The lowest BCUT2D eigenvalue weighted by molar-refractivity contribution is -0.150. The summed E-state index contributed by atoms with van der Waals surface area (Å²) in [4.78, 5) is 24.9. The van der Waals surface area contributed by atoms with Crippen molar-refractivity contribution in [1.82, 2.24) is 10.6 Å². The first-order chi connectivity index (χ1) is 12.0. The van der Waals surface area contributed by atoms with Gasteiger partial charge >= 0.3 is 5.97 Å². The minimum Gasteiger partial charge on any atom is -0.480 e. The molecule has 1 atom stereocenters. The molecular weight excluding hydrogens is 318 g/mol. The highest BCUT2D eigenvalue weighted by Gasteiger charge is 2.52. The number of nitrogens with two attached hydrogens (primary N) is 1. The van der Waals surface area contributed by atoms with E-state index in [2.05, 4.69) is 10.6 Å². The Kier molecular flexibility index (Phi) is 6.00. The van der Waals surface area contributed by atoms with Crippen molar-refractivity contribution < 1.29 is 14.7 Å². The number of nitrogens with one attached hydrogen (secondary N) is 2. The van der Waals surface area contributed by atoms with Gasteiger partial charge in [-0.2, -0.15) is 0 Å². The number of rotatable bonds is 7. The molecule has 0 fully saturated rings. The SMILES string of the molecule is CCCC(C(N)=O)C(C(=O)O)(C1=CNC=CC=C1)C1=CNC=CC=C1. The number of allylic oxidation sites excluding steroid dienone is 6. The quantitative estimate of drug-likeness (QED) is 0.567. The maximum absolute atomic E-state index is 12.6. The third-order valence-electron chi connectivity index (χ3n) is 4.33. The smallest absolute Gasteiger partial charge is 0.319 e. The van der Waals surface area contributed by atoms with Crippen LogP contribution in [0, 0.1) is 11.3 Å². The molecule has 1 amide bonds. The third-order valence-corrected chi connectivity index (χ3v) is 4.33. The standard InChI is InChI=1S/C19H23N3O3/c1-2-7-16(17(20)23)19(18(24)25,14-8-3-5-10-21-12-14)15-9-4-6-11-22-13-15/h3-6,8-13,16,21-22H,2,7H2,1H3,(H2,20,23)(H,24,25). The molecule has 6 heteroatoms. The molecule has 0 spiro atoms. The zero-order valence-corrected chi connectivity index (χ0v) is 14.1. The van der Waals surface area contributed by atoms with Crippen molar-refractivity contribution in [1.29, 1.82) is 0 Å². The van der Waals surface area contributed by atoms with Gasteiger partial charge in [-0.15, -0.1) is 0 Å². The number of amides is 1. The Balaban J connectivity index is 2.74. The van der Waals surface area contributed by atoms with Crippen molar-refractivity contribution in [3.63, 3.8) is 0 Å². The monoisotopic (exact) mass is 341 g/mol. The molecule has 0 aromatic rings. The van der Waals surface area contributed by atoms with Gasteiger partial charge in [-0.05, 0) is 29.7 Å². The van der Waals surface area contributed by atoms with E-state index in [1.165, 1.54) is 0 Å². The van der Waals surface area contributed by atoms with Gasteiger partial charge in [0, 0.05) is 24.8 Å². The van der Waals surface area contributed by atoms with Gasteiger partial charge in [0.1, 0.15) is 5.41 Å². The number of carbonyl (C=O) groups is 2. The van der Waals surface area contributed by atoms with E-state index < -0.39 is 23.2 Å². The van der Waals surface area contributed by atoms with Crippen LogP contribution in [-0.2, 0) is 9.59 Å². The van der Waals surface area contributed by atoms with Gasteiger partial charge in [-0.1, -0.05) is 37.6 Å². The second-order valence-electron chi connectivity index (χ2n) is 5.83. The van der Waals surface area contributed by atoms with Crippen molar-refractivity contribution in [2.45, 2.75) is 19.8 Å². The molecule has 0 aromatic heterocycles. The van der Waals surface area contributed by atoms with E-state index in [1.54, 1.807) is 61.3 Å². The molecule has 2 aliphatic heterocycles. The zero-order valence-electron chi connectivity index (χ0n) is 14.1.